The first-order chi connectivity index (χ1) is 17.3. The van der Waals surface area contributed by atoms with Gasteiger partial charge in [-0.25, -0.2) is 23.3 Å². The molecular formula is C26H30F2N4O4. The van der Waals surface area contributed by atoms with Gasteiger partial charge in [0.2, 0.25) is 5.91 Å². The standard InChI is InChI=1S/C26H30F2N4O4/c1-17(33)30-23-5-2-4-19(14-23)18-6-10-31(11-7-18)9-3-8-29-25(34)32-24(16-36-26(32)35)20-12-21(27)15-22(28)13-20/h2,4-5,12-15,18,24H,3,6-11,16H2,1H3,(H,29,34)(H,30,33)/t24-/m1/s1. The van der Waals surface area contributed by atoms with Gasteiger partial charge in [-0.1, -0.05) is 12.1 Å². The highest BCUT2D eigenvalue weighted by Gasteiger charge is 2.39. The maximum Gasteiger partial charge on any atom is 0.418 e. The van der Waals surface area contributed by atoms with Gasteiger partial charge in [-0.2, -0.15) is 0 Å². The van der Waals surface area contributed by atoms with Gasteiger partial charge in [-0.3, -0.25) is 4.79 Å². The zero-order chi connectivity index (χ0) is 25.7. The molecule has 1 atom stereocenters. The lowest BCUT2D eigenvalue weighted by Crippen LogP contribution is -2.43. The van der Waals surface area contributed by atoms with Crippen LogP contribution < -0.4 is 10.6 Å². The Kier molecular flexibility index (Phi) is 8.14. The second-order valence-corrected chi connectivity index (χ2v) is 9.17. The number of anilines is 1. The highest BCUT2D eigenvalue weighted by Crippen LogP contribution is 2.30. The number of hydrogen-bond donors (Lipinski definition) is 2. The Morgan fingerprint density at radius 2 is 1.78 bits per heavy atom. The molecule has 0 aliphatic carbocycles. The normalized spacial score (nSPS) is 18.7. The number of benzene rings is 2. The predicted molar refractivity (Wildman–Crippen MR) is 129 cm³/mol. The smallest absolute Gasteiger partial charge is 0.418 e. The minimum Gasteiger partial charge on any atom is -0.446 e. The van der Waals surface area contributed by atoms with Crippen molar-refractivity contribution in [2.45, 2.75) is 38.1 Å². The van der Waals surface area contributed by atoms with Crippen LogP contribution in [0.2, 0.25) is 0 Å². The molecule has 0 saturated carbocycles. The van der Waals surface area contributed by atoms with E-state index in [2.05, 4.69) is 21.6 Å². The average Bonchev–Trinajstić information content (AvgIpc) is 3.23. The minimum atomic E-state index is -0.883. The first-order valence-electron chi connectivity index (χ1n) is 12.1. The van der Waals surface area contributed by atoms with Crippen LogP contribution >= 0.6 is 0 Å². The van der Waals surface area contributed by atoms with Crippen LogP contribution in [0.4, 0.5) is 24.1 Å². The van der Waals surface area contributed by atoms with E-state index in [4.69, 9.17) is 4.74 Å². The van der Waals surface area contributed by atoms with E-state index in [9.17, 15) is 23.2 Å². The largest absolute Gasteiger partial charge is 0.446 e. The van der Waals surface area contributed by atoms with E-state index in [0.29, 0.717) is 18.9 Å². The fourth-order valence-electron chi connectivity index (χ4n) is 4.81. The summed E-state index contributed by atoms with van der Waals surface area (Å²) in [5.41, 5.74) is 2.20. The summed E-state index contributed by atoms with van der Waals surface area (Å²) in [7, 11) is 0. The molecule has 2 N–H and O–H groups in total. The summed E-state index contributed by atoms with van der Waals surface area (Å²) < 4.78 is 32.2. The minimum absolute atomic E-state index is 0.0888. The summed E-state index contributed by atoms with van der Waals surface area (Å²) >= 11 is 0. The molecule has 0 radical (unpaired) electrons. The van der Waals surface area contributed by atoms with E-state index in [0.717, 1.165) is 61.3 Å². The number of halogens is 2. The van der Waals surface area contributed by atoms with Crippen molar-refractivity contribution in [2.24, 2.45) is 0 Å². The summed E-state index contributed by atoms with van der Waals surface area (Å²) in [6.07, 6.45) is 1.85. The maximum atomic E-state index is 13.6. The molecular weight excluding hydrogens is 470 g/mol. The Bertz CT molecular complexity index is 1100. The number of urea groups is 1. The third-order valence-corrected chi connectivity index (χ3v) is 6.55. The molecule has 2 aliphatic heterocycles. The summed E-state index contributed by atoms with van der Waals surface area (Å²) in [4.78, 5) is 39.3. The summed E-state index contributed by atoms with van der Waals surface area (Å²) in [6.45, 7) is 4.34. The van der Waals surface area contributed by atoms with Crippen LogP contribution in [0, 0.1) is 11.6 Å². The number of rotatable bonds is 7. The number of amides is 4. The van der Waals surface area contributed by atoms with Gasteiger partial charge in [0.05, 0.1) is 0 Å². The highest BCUT2D eigenvalue weighted by molar-refractivity contribution is 5.92. The molecule has 2 saturated heterocycles. The second kappa shape index (κ2) is 11.5. The number of cyclic esters (lactones) is 1. The molecule has 0 unspecified atom stereocenters. The van der Waals surface area contributed by atoms with Crippen LogP contribution in [0.15, 0.2) is 42.5 Å². The molecule has 8 nitrogen and oxygen atoms in total. The molecule has 4 rings (SSSR count). The molecule has 2 aromatic carbocycles. The van der Waals surface area contributed by atoms with E-state index < -0.39 is 29.8 Å². The van der Waals surface area contributed by atoms with E-state index >= 15 is 0 Å². The lowest BCUT2D eigenvalue weighted by molar-refractivity contribution is -0.114. The quantitative estimate of drug-likeness (QED) is 0.550. The summed E-state index contributed by atoms with van der Waals surface area (Å²) in [6, 6.07) is 9.36. The fraction of sp³-hybridized carbons (Fsp3) is 0.423. The van der Waals surface area contributed by atoms with Crippen molar-refractivity contribution in [3.63, 3.8) is 0 Å². The first kappa shape index (κ1) is 25.6. The third-order valence-electron chi connectivity index (χ3n) is 6.55. The molecule has 2 aliphatic rings. The number of piperidine rings is 1. The van der Waals surface area contributed by atoms with Crippen LogP contribution in [0.3, 0.4) is 0 Å². The van der Waals surface area contributed by atoms with E-state index in [1.54, 1.807) is 0 Å². The van der Waals surface area contributed by atoms with Crippen molar-refractivity contribution < 1.29 is 27.9 Å². The van der Waals surface area contributed by atoms with Crippen LogP contribution in [-0.2, 0) is 9.53 Å². The molecule has 0 bridgehead atoms. The average molecular weight is 501 g/mol. The zero-order valence-electron chi connectivity index (χ0n) is 20.1. The molecule has 0 spiro atoms. The van der Waals surface area contributed by atoms with Gasteiger partial charge in [-0.05, 0) is 80.2 Å². The molecule has 192 valence electrons. The molecule has 10 heteroatoms. The number of hydrogen-bond acceptors (Lipinski definition) is 5. The van der Waals surface area contributed by atoms with Crippen LogP contribution in [0.1, 0.15) is 49.3 Å². The van der Waals surface area contributed by atoms with Crippen molar-refractivity contribution in [2.75, 3.05) is 38.1 Å². The molecule has 36 heavy (non-hydrogen) atoms. The predicted octanol–water partition coefficient (Wildman–Crippen LogP) is 4.40. The Labute approximate surface area is 208 Å². The lowest BCUT2D eigenvalue weighted by atomic mass is 9.89. The van der Waals surface area contributed by atoms with Gasteiger partial charge < -0.3 is 20.3 Å². The lowest BCUT2D eigenvalue weighted by Gasteiger charge is -2.32. The van der Waals surface area contributed by atoms with Crippen molar-refractivity contribution in [1.82, 2.24) is 15.1 Å². The molecule has 2 heterocycles. The van der Waals surface area contributed by atoms with Gasteiger partial charge in [0.15, 0.2) is 0 Å². The summed E-state index contributed by atoms with van der Waals surface area (Å²) in [5.74, 6) is -1.22. The van der Waals surface area contributed by atoms with E-state index in [1.165, 1.54) is 12.5 Å². The number of nitrogens with one attached hydrogen (secondary N) is 2. The Morgan fingerprint density at radius 1 is 1.06 bits per heavy atom. The molecule has 4 amide bonds. The fourth-order valence-corrected chi connectivity index (χ4v) is 4.81. The highest BCUT2D eigenvalue weighted by atomic mass is 19.1. The first-order valence-corrected chi connectivity index (χ1v) is 12.1. The Morgan fingerprint density at radius 3 is 2.47 bits per heavy atom. The number of nitrogens with zero attached hydrogens (tertiary/aromatic N) is 2. The Balaban J connectivity index is 1.21. The Hall–Kier alpha value is -3.53. The number of carbonyl (C=O) groups excluding carboxylic acids is 3. The van der Waals surface area contributed by atoms with E-state index in [-0.39, 0.29) is 18.1 Å². The second-order valence-electron chi connectivity index (χ2n) is 9.17. The topological polar surface area (TPSA) is 91.0 Å². The summed E-state index contributed by atoms with van der Waals surface area (Å²) in [5, 5.41) is 5.54. The van der Waals surface area contributed by atoms with Crippen molar-refractivity contribution in [3.05, 3.63) is 65.2 Å². The monoisotopic (exact) mass is 500 g/mol. The number of imide groups is 1. The van der Waals surface area contributed by atoms with Crippen molar-refractivity contribution in [3.8, 4) is 0 Å². The third kappa shape index (κ3) is 6.37. The van der Waals surface area contributed by atoms with Gasteiger partial charge in [0.25, 0.3) is 0 Å². The van der Waals surface area contributed by atoms with Crippen LogP contribution in [-0.4, -0.2) is 60.6 Å². The van der Waals surface area contributed by atoms with E-state index in [1.807, 2.05) is 18.2 Å². The molecule has 2 fully saturated rings. The molecule has 2 aromatic rings. The number of likely N-dealkylation sites (tertiary alicyclic amines) is 1. The maximum absolute atomic E-state index is 13.6. The number of ether oxygens (including phenoxy) is 1. The zero-order valence-corrected chi connectivity index (χ0v) is 20.1. The van der Waals surface area contributed by atoms with Gasteiger partial charge >= 0.3 is 12.1 Å². The van der Waals surface area contributed by atoms with Crippen molar-refractivity contribution in [1.29, 1.82) is 0 Å². The van der Waals surface area contributed by atoms with Gasteiger partial charge in [-0.15, -0.1) is 0 Å². The van der Waals surface area contributed by atoms with Crippen LogP contribution in [0.5, 0.6) is 0 Å². The van der Waals surface area contributed by atoms with Gasteiger partial charge in [0, 0.05) is 25.2 Å². The van der Waals surface area contributed by atoms with Crippen molar-refractivity contribution >= 4 is 23.7 Å². The molecule has 0 aromatic heterocycles. The SMILES string of the molecule is CC(=O)Nc1cccc(C2CCN(CCCNC(=O)N3C(=O)OC[C@@H]3c3cc(F)cc(F)c3)CC2)c1. The van der Waals surface area contributed by atoms with Crippen LogP contribution in [0.25, 0.3) is 0 Å². The number of carbonyl (C=O) groups is 3. The van der Waals surface area contributed by atoms with Gasteiger partial charge in [0.1, 0.15) is 24.3 Å².